The number of nitrogens with zero attached hydrogens (tertiary/aromatic N) is 3. The molecular formula is C16H24N4O3S. The number of benzene rings is 1. The average Bonchev–Trinajstić information content (AvgIpc) is 2.74. The van der Waals surface area contributed by atoms with E-state index >= 15 is 0 Å². The largest absolute Gasteiger partial charge is 0.328 e. The maximum absolute atomic E-state index is 13.0. The Labute approximate surface area is 141 Å². The van der Waals surface area contributed by atoms with E-state index in [4.69, 9.17) is 5.73 Å². The molecular weight excluding hydrogens is 328 g/mol. The number of nitrogens with two attached hydrogens (primary N) is 1. The molecule has 0 bridgehead atoms. The lowest BCUT2D eigenvalue weighted by Gasteiger charge is -2.41. The Hall–Kier alpha value is -1.64. The van der Waals surface area contributed by atoms with Crippen LogP contribution in [0, 0.1) is 5.41 Å². The molecule has 0 radical (unpaired) electrons. The molecule has 1 fully saturated rings. The molecule has 8 heteroatoms. The minimum atomic E-state index is -3.62. The molecule has 3 rings (SSSR count). The molecule has 2 heterocycles. The summed E-state index contributed by atoms with van der Waals surface area (Å²) < 4.78 is 30.5. The van der Waals surface area contributed by atoms with Crippen LogP contribution in [0.3, 0.4) is 0 Å². The van der Waals surface area contributed by atoms with Gasteiger partial charge in [0.2, 0.25) is 10.0 Å². The van der Waals surface area contributed by atoms with Crippen molar-refractivity contribution < 1.29 is 8.42 Å². The van der Waals surface area contributed by atoms with Crippen molar-refractivity contribution in [3.05, 3.63) is 28.7 Å². The molecule has 1 aromatic heterocycles. The minimum absolute atomic E-state index is 0.0126. The molecule has 1 aliphatic rings. The average molecular weight is 352 g/mol. The second kappa shape index (κ2) is 5.44. The molecule has 24 heavy (non-hydrogen) atoms. The number of hydrogen-bond acceptors (Lipinski definition) is 4. The van der Waals surface area contributed by atoms with Gasteiger partial charge >= 0.3 is 5.69 Å². The highest BCUT2D eigenvalue weighted by molar-refractivity contribution is 7.89. The zero-order valence-corrected chi connectivity index (χ0v) is 15.3. The van der Waals surface area contributed by atoms with E-state index in [0.29, 0.717) is 30.5 Å². The third-order valence-corrected chi connectivity index (χ3v) is 7.00. The van der Waals surface area contributed by atoms with Crippen LogP contribution in [0.5, 0.6) is 0 Å². The molecule has 1 unspecified atom stereocenters. The van der Waals surface area contributed by atoms with Gasteiger partial charge in [0.25, 0.3) is 0 Å². The van der Waals surface area contributed by atoms with E-state index in [1.165, 1.54) is 13.4 Å². The Morgan fingerprint density at radius 3 is 2.42 bits per heavy atom. The zero-order valence-electron chi connectivity index (χ0n) is 14.5. The Kier molecular flexibility index (Phi) is 3.89. The van der Waals surface area contributed by atoms with Gasteiger partial charge in [0.05, 0.1) is 15.9 Å². The topological polar surface area (TPSA) is 90.3 Å². The van der Waals surface area contributed by atoms with E-state index in [-0.39, 0.29) is 22.0 Å². The summed E-state index contributed by atoms with van der Waals surface area (Å²) in [4.78, 5) is 12.2. The second-order valence-corrected chi connectivity index (χ2v) is 9.21. The molecule has 0 amide bonds. The Bertz CT molecular complexity index is 956. The van der Waals surface area contributed by atoms with Gasteiger partial charge in [-0.2, -0.15) is 4.31 Å². The first kappa shape index (κ1) is 17.2. The summed E-state index contributed by atoms with van der Waals surface area (Å²) in [5, 5.41) is 0. The molecule has 0 aliphatic carbocycles. The number of hydrogen-bond donors (Lipinski definition) is 1. The molecule has 1 aromatic carbocycles. The van der Waals surface area contributed by atoms with Gasteiger partial charge in [-0.05, 0) is 30.0 Å². The fourth-order valence-electron chi connectivity index (χ4n) is 3.33. The van der Waals surface area contributed by atoms with Crippen LogP contribution < -0.4 is 11.4 Å². The van der Waals surface area contributed by atoms with Crippen molar-refractivity contribution in [3.63, 3.8) is 0 Å². The van der Waals surface area contributed by atoms with Gasteiger partial charge in [-0.25, -0.2) is 13.2 Å². The number of sulfonamides is 1. The van der Waals surface area contributed by atoms with Crippen LogP contribution >= 0.6 is 0 Å². The summed E-state index contributed by atoms with van der Waals surface area (Å²) in [5.41, 5.74) is 6.98. The van der Waals surface area contributed by atoms with Crippen molar-refractivity contribution >= 4 is 21.1 Å². The predicted molar refractivity (Wildman–Crippen MR) is 93.3 cm³/mol. The molecule has 132 valence electrons. The number of fused-ring (bicyclic) bond motifs is 1. The van der Waals surface area contributed by atoms with Gasteiger partial charge in [0.15, 0.2) is 0 Å². The fourth-order valence-corrected chi connectivity index (χ4v) is 4.97. The van der Waals surface area contributed by atoms with Gasteiger partial charge in [-0.1, -0.05) is 13.8 Å². The van der Waals surface area contributed by atoms with Crippen molar-refractivity contribution in [1.82, 2.24) is 13.4 Å². The first-order chi connectivity index (χ1) is 11.1. The van der Waals surface area contributed by atoms with E-state index in [2.05, 4.69) is 0 Å². The van der Waals surface area contributed by atoms with Crippen LogP contribution in [0.1, 0.15) is 20.3 Å². The van der Waals surface area contributed by atoms with Crippen LogP contribution in [-0.4, -0.2) is 41.0 Å². The highest BCUT2D eigenvalue weighted by atomic mass is 32.2. The van der Waals surface area contributed by atoms with E-state index in [9.17, 15) is 13.2 Å². The first-order valence-electron chi connectivity index (χ1n) is 7.97. The van der Waals surface area contributed by atoms with E-state index in [1.807, 2.05) is 13.8 Å². The Morgan fingerprint density at radius 1 is 1.17 bits per heavy atom. The fraction of sp³-hybridized carbons (Fsp3) is 0.562. The number of piperidine rings is 1. The van der Waals surface area contributed by atoms with Gasteiger partial charge in [-0.15, -0.1) is 0 Å². The number of aromatic nitrogens is 2. The number of imidazole rings is 1. The van der Waals surface area contributed by atoms with Crippen LogP contribution in [0.15, 0.2) is 27.9 Å². The molecule has 0 spiro atoms. The lowest BCUT2D eigenvalue weighted by atomic mass is 9.81. The molecule has 1 saturated heterocycles. The van der Waals surface area contributed by atoms with Gasteiger partial charge < -0.3 is 5.73 Å². The summed E-state index contributed by atoms with van der Waals surface area (Å²) >= 11 is 0. The molecule has 1 aliphatic heterocycles. The Morgan fingerprint density at radius 2 is 1.79 bits per heavy atom. The molecule has 2 N–H and O–H groups in total. The van der Waals surface area contributed by atoms with Crippen LogP contribution in [0.4, 0.5) is 0 Å². The van der Waals surface area contributed by atoms with E-state index in [0.717, 1.165) is 0 Å². The lowest BCUT2D eigenvalue weighted by molar-refractivity contribution is 0.155. The molecule has 7 nitrogen and oxygen atoms in total. The minimum Gasteiger partial charge on any atom is -0.327 e. The maximum Gasteiger partial charge on any atom is 0.328 e. The van der Waals surface area contributed by atoms with Crippen molar-refractivity contribution in [2.45, 2.75) is 31.2 Å². The van der Waals surface area contributed by atoms with Crippen molar-refractivity contribution in [3.8, 4) is 0 Å². The third kappa shape index (κ3) is 2.49. The number of aryl methyl sites for hydroxylation is 2. The van der Waals surface area contributed by atoms with Crippen molar-refractivity contribution in [2.75, 3.05) is 13.1 Å². The van der Waals surface area contributed by atoms with Crippen LogP contribution in [0.2, 0.25) is 0 Å². The van der Waals surface area contributed by atoms with Gasteiger partial charge in [0, 0.05) is 33.2 Å². The standard InChI is InChI=1S/C16H24N4O3S/c1-16(2)10-20(8-7-14(16)17)24(22,23)11-5-6-12-13(9-11)19(4)15(21)18(12)3/h5-6,9,14H,7-8,10,17H2,1-4H3. The monoisotopic (exact) mass is 352 g/mol. The quantitative estimate of drug-likeness (QED) is 0.858. The van der Waals surface area contributed by atoms with Crippen molar-refractivity contribution in [1.29, 1.82) is 0 Å². The second-order valence-electron chi connectivity index (χ2n) is 7.27. The number of rotatable bonds is 2. The highest BCUT2D eigenvalue weighted by Crippen LogP contribution is 2.31. The lowest BCUT2D eigenvalue weighted by Crippen LogP contribution is -2.53. The predicted octanol–water partition coefficient (Wildman–Crippen LogP) is 0.625. The Balaban J connectivity index is 2.06. The SMILES string of the molecule is Cn1c(=O)n(C)c2cc(S(=O)(=O)N3CCC(N)C(C)(C)C3)ccc21. The third-order valence-electron chi connectivity index (χ3n) is 5.16. The summed E-state index contributed by atoms with van der Waals surface area (Å²) in [7, 11) is -0.298. The van der Waals surface area contributed by atoms with Gasteiger partial charge in [-0.3, -0.25) is 9.13 Å². The molecule has 1 atom stereocenters. The normalized spacial score (nSPS) is 22.1. The maximum atomic E-state index is 13.0. The molecule has 0 saturated carbocycles. The van der Waals surface area contributed by atoms with Gasteiger partial charge in [0.1, 0.15) is 0 Å². The van der Waals surface area contributed by atoms with Crippen molar-refractivity contribution in [2.24, 2.45) is 25.2 Å². The summed E-state index contributed by atoms with van der Waals surface area (Å²) in [6.07, 6.45) is 0.637. The summed E-state index contributed by atoms with van der Waals surface area (Å²) in [5.74, 6) is 0. The van der Waals surface area contributed by atoms with E-state index in [1.54, 1.807) is 32.3 Å². The van der Waals surface area contributed by atoms with Crippen LogP contribution in [0.25, 0.3) is 11.0 Å². The summed E-state index contributed by atoms with van der Waals surface area (Å²) in [6.45, 7) is 4.79. The zero-order chi connectivity index (χ0) is 17.9. The van der Waals surface area contributed by atoms with E-state index < -0.39 is 10.0 Å². The molecule has 2 aromatic rings. The first-order valence-corrected chi connectivity index (χ1v) is 9.41. The summed E-state index contributed by atoms with van der Waals surface area (Å²) in [6, 6.07) is 4.82. The van der Waals surface area contributed by atoms with Crippen LogP contribution in [-0.2, 0) is 24.1 Å². The highest BCUT2D eigenvalue weighted by Gasteiger charge is 2.38. The smallest absolute Gasteiger partial charge is 0.327 e.